The number of carbonyl (C=O) groups is 1. The van der Waals surface area contributed by atoms with Gasteiger partial charge in [-0.05, 0) is 79.3 Å². The number of amides is 1. The molecule has 0 radical (unpaired) electrons. The molecule has 3 aromatic rings. The van der Waals surface area contributed by atoms with E-state index in [1.54, 1.807) is 24.9 Å². The highest BCUT2D eigenvalue weighted by Crippen LogP contribution is 2.53. The molecule has 47 heavy (non-hydrogen) atoms. The lowest BCUT2D eigenvalue weighted by Gasteiger charge is -2.26. The predicted octanol–water partition coefficient (Wildman–Crippen LogP) is 3.82. The highest BCUT2D eigenvalue weighted by atomic mass is 35.5. The van der Waals surface area contributed by atoms with Crippen LogP contribution in [0.15, 0.2) is 65.8 Å². The summed E-state index contributed by atoms with van der Waals surface area (Å²) in [5.74, 6) is 0.835. The van der Waals surface area contributed by atoms with Gasteiger partial charge in [-0.2, -0.15) is 0 Å². The number of halogens is 1. The molecule has 2 saturated carbocycles. The van der Waals surface area contributed by atoms with E-state index in [-0.39, 0.29) is 24.5 Å². The Kier molecular flexibility index (Phi) is 12.2. The molecule has 0 bridgehead atoms. The molecule has 12 heteroatoms. The van der Waals surface area contributed by atoms with Crippen LogP contribution in [0.4, 0.5) is 0 Å². The van der Waals surface area contributed by atoms with E-state index in [0.29, 0.717) is 23.8 Å². The number of benzene rings is 2. The molecule has 1 heterocycles. The molecular formula is C35H43ClN2O8S. The van der Waals surface area contributed by atoms with Gasteiger partial charge in [0.05, 0.1) is 31.0 Å². The first-order chi connectivity index (χ1) is 22.6. The zero-order valence-corrected chi connectivity index (χ0v) is 27.9. The number of rotatable bonds is 18. The molecule has 2 fully saturated rings. The van der Waals surface area contributed by atoms with Gasteiger partial charge in [0.1, 0.15) is 24.1 Å². The van der Waals surface area contributed by atoms with Crippen molar-refractivity contribution < 1.29 is 39.8 Å². The Bertz CT molecular complexity index is 1500. The molecule has 10 nitrogen and oxygen atoms in total. The van der Waals surface area contributed by atoms with Crippen LogP contribution in [0.3, 0.4) is 0 Å². The number of nitrogens with one attached hydrogen (secondary N) is 1. The number of ether oxygens (including phenoxy) is 2. The zero-order chi connectivity index (χ0) is 33.6. The van der Waals surface area contributed by atoms with E-state index >= 15 is 0 Å². The largest absolute Gasteiger partial charge is 0.490 e. The second kappa shape index (κ2) is 16.1. The molecule has 2 aliphatic rings. The molecule has 254 valence electrons. The number of carbonyl (C=O) groups excluding carboxylic acids is 1. The predicted molar refractivity (Wildman–Crippen MR) is 179 cm³/mol. The van der Waals surface area contributed by atoms with Crippen molar-refractivity contribution in [3.63, 3.8) is 0 Å². The van der Waals surface area contributed by atoms with Gasteiger partial charge in [0, 0.05) is 45.9 Å². The minimum absolute atomic E-state index is 0.287. The summed E-state index contributed by atoms with van der Waals surface area (Å²) in [5.41, 5.74) is 3.56. The third-order valence-corrected chi connectivity index (χ3v) is 10.0. The van der Waals surface area contributed by atoms with Crippen LogP contribution in [0.5, 0.6) is 5.75 Å². The van der Waals surface area contributed by atoms with Crippen molar-refractivity contribution in [3.8, 4) is 16.9 Å². The SMILES string of the molecule is CC(CCSc1ccc(Cl)c(COC2(c3cnccc3-c3ccccc3OC3CC3)CC2)c1)C(=O)NCC(O)C(O)C(O)C(O)CO. The van der Waals surface area contributed by atoms with E-state index in [4.69, 9.17) is 26.2 Å². The third-order valence-electron chi connectivity index (χ3n) is 8.61. The lowest BCUT2D eigenvalue weighted by atomic mass is 9.96. The summed E-state index contributed by atoms with van der Waals surface area (Å²) >= 11 is 8.19. The van der Waals surface area contributed by atoms with Crippen LogP contribution in [-0.4, -0.2) is 85.8 Å². The highest BCUT2D eigenvalue weighted by Gasteiger charge is 2.48. The summed E-state index contributed by atoms with van der Waals surface area (Å²) in [6.45, 7) is 1.02. The van der Waals surface area contributed by atoms with Crippen LogP contribution in [0.25, 0.3) is 11.1 Å². The molecule has 5 rings (SSSR count). The van der Waals surface area contributed by atoms with Crippen molar-refractivity contribution >= 4 is 29.3 Å². The average molecular weight is 687 g/mol. The number of para-hydroxylation sites is 1. The molecular weight excluding hydrogens is 644 g/mol. The number of aliphatic hydroxyl groups excluding tert-OH is 5. The van der Waals surface area contributed by atoms with E-state index < -0.39 is 36.6 Å². The fourth-order valence-electron chi connectivity index (χ4n) is 5.27. The van der Waals surface area contributed by atoms with Crippen molar-refractivity contribution in [1.82, 2.24) is 10.3 Å². The lowest BCUT2D eigenvalue weighted by molar-refractivity contribution is -0.128. The first-order valence-corrected chi connectivity index (χ1v) is 17.3. The quantitative estimate of drug-likeness (QED) is 0.109. The van der Waals surface area contributed by atoms with Crippen molar-refractivity contribution in [3.05, 3.63) is 77.1 Å². The van der Waals surface area contributed by atoms with Crippen molar-refractivity contribution in [2.75, 3.05) is 18.9 Å². The average Bonchev–Trinajstić information content (AvgIpc) is 4.04. The number of nitrogens with zero attached hydrogens (tertiary/aromatic N) is 1. The molecule has 6 N–H and O–H groups in total. The number of hydrogen-bond donors (Lipinski definition) is 6. The van der Waals surface area contributed by atoms with Crippen molar-refractivity contribution in [1.29, 1.82) is 0 Å². The second-order valence-corrected chi connectivity index (χ2v) is 13.9. The fraction of sp³-hybridized carbons (Fsp3) is 0.486. The van der Waals surface area contributed by atoms with E-state index in [0.717, 1.165) is 58.6 Å². The minimum atomic E-state index is -1.74. The molecule has 0 saturated heterocycles. The van der Waals surface area contributed by atoms with E-state index in [2.05, 4.69) is 16.4 Å². The highest BCUT2D eigenvalue weighted by molar-refractivity contribution is 7.99. The molecule has 0 spiro atoms. The summed E-state index contributed by atoms with van der Waals surface area (Å²) in [5, 5.41) is 51.3. The minimum Gasteiger partial charge on any atom is -0.490 e. The lowest BCUT2D eigenvalue weighted by Crippen LogP contribution is -2.50. The first-order valence-electron chi connectivity index (χ1n) is 16.0. The van der Waals surface area contributed by atoms with Crippen LogP contribution in [0, 0.1) is 5.92 Å². The topological polar surface area (TPSA) is 162 Å². The monoisotopic (exact) mass is 686 g/mol. The molecule has 1 amide bonds. The standard InChI is InChI=1S/C35H43ClN2O8S/c1-21(34(44)38-18-29(40)32(42)33(43)30(41)19-39)11-15-47-24-8-9-28(36)22(16-24)20-45-35(12-13-35)27-17-37-14-10-25(27)26-4-2-3-5-31(26)46-23-6-7-23/h2-5,8-10,14,16-17,21,23,29-30,32-33,39-43H,6-7,11-13,15,18-20H2,1H3,(H,38,44). The maximum absolute atomic E-state index is 12.5. The Morgan fingerprint density at radius 3 is 2.53 bits per heavy atom. The molecule has 2 aliphatic carbocycles. The molecule has 2 aromatic carbocycles. The van der Waals surface area contributed by atoms with Crippen molar-refractivity contribution in [2.45, 2.75) is 86.7 Å². The van der Waals surface area contributed by atoms with E-state index in [1.165, 1.54) is 0 Å². The number of hydrogen-bond acceptors (Lipinski definition) is 10. The Labute approximate surface area is 284 Å². The van der Waals surface area contributed by atoms with Gasteiger partial charge >= 0.3 is 0 Å². The number of aliphatic hydroxyl groups is 5. The van der Waals surface area contributed by atoms with Gasteiger partial charge in [-0.1, -0.05) is 36.7 Å². The van der Waals surface area contributed by atoms with Gasteiger partial charge in [0.25, 0.3) is 0 Å². The van der Waals surface area contributed by atoms with Crippen LogP contribution < -0.4 is 10.1 Å². The third kappa shape index (κ3) is 9.24. The Hall–Kier alpha value is -2.74. The number of pyridine rings is 1. The van der Waals surface area contributed by atoms with E-state index in [1.807, 2.05) is 48.7 Å². The van der Waals surface area contributed by atoms with Gasteiger partial charge in [-0.15, -0.1) is 11.8 Å². The molecule has 0 aliphatic heterocycles. The second-order valence-electron chi connectivity index (χ2n) is 12.4. The fourth-order valence-corrected chi connectivity index (χ4v) is 6.54. The van der Waals surface area contributed by atoms with E-state index in [9.17, 15) is 25.2 Å². The normalized spacial score (nSPS) is 18.5. The Balaban J connectivity index is 1.14. The smallest absolute Gasteiger partial charge is 0.222 e. The first kappa shape index (κ1) is 35.6. The van der Waals surface area contributed by atoms with Gasteiger partial charge in [0.2, 0.25) is 5.91 Å². The van der Waals surface area contributed by atoms with Gasteiger partial charge in [-0.3, -0.25) is 9.78 Å². The Morgan fingerprint density at radius 1 is 1.06 bits per heavy atom. The van der Waals surface area contributed by atoms with Crippen molar-refractivity contribution in [2.24, 2.45) is 5.92 Å². The maximum Gasteiger partial charge on any atom is 0.222 e. The summed E-state index contributed by atoms with van der Waals surface area (Å²) in [6.07, 6.45) is 1.88. The van der Waals surface area contributed by atoms with Crippen LogP contribution >= 0.6 is 23.4 Å². The van der Waals surface area contributed by atoms with Gasteiger partial charge in [0.15, 0.2) is 0 Å². The van der Waals surface area contributed by atoms with Gasteiger partial charge < -0.3 is 40.3 Å². The van der Waals surface area contributed by atoms with Gasteiger partial charge in [-0.25, -0.2) is 0 Å². The maximum atomic E-state index is 12.5. The zero-order valence-electron chi connectivity index (χ0n) is 26.3. The summed E-state index contributed by atoms with van der Waals surface area (Å²) < 4.78 is 12.8. The summed E-state index contributed by atoms with van der Waals surface area (Å²) in [7, 11) is 0. The Morgan fingerprint density at radius 2 is 1.81 bits per heavy atom. The molecule has 1 aromatic heterocycles. The number of thioether (sulfide) groups is 1. The van der Waals surface area contributed by atoms with Crippen LogP contribution in [0.1, 0.15) is 50.2 Å². The number of aromatic nitrogens is 1. The summed E-state index contributed by atoms with van der Waals surface area (Å²) in [4.78, 5) is 18.0. The summed E-state index contributed by atoms with van der Waals surface area (Å²) in [6, 6.07) is 16.0. The molecule has 5 unspecified atom stereocenters. The van der Waals surface area contributed by atoms with Crippen LogP contribution in [0.2, 0.25) is 5.02 Å². The van der Waals surface area contributed by atoms with Crippen LogP contribution in [-0.2, 0) is 21.7 Å². The molecule has 5 atom stereocenters.